The van der Waals surface area contributed by atoms with Crippen LogP contribution in [-0.4, -0.2) is 32.5 Å². The van der Waals surface area contributed by atoms with E-state index in [2.05, 4.69) is 0 Å². The smallest absolute Gasteiger partial charge is 0.328 e. The van der Waals surface area contributed by atoms with Gasteiger partial charge in [0.15, 0.2) is 15.3 Å². The Balaban J connectivity index is 2.50. The summed E-state index contributed by atoms with van der Waals surface area (Å²) in [6.07, 6.45) is 1.03. The Bertz CT molecular complexity index is 707. The summed E-state index contributed by atoms with van der Waals surface area (Å²) in [5.74, 6) is -1.52. The lowest BCUT2D eigenvalue weighted by Gasteiger charge is -2.08. The average Bonchev–Trinajstić information content (AvgIpc) is 3.10. The third kappa shape index (κ3) is 2.52. The molecule has 0 saturated heterocycles. The van der Waals surface area contributed by atoms with E-state index in [1.807, 2.05) is 6.07 Å². The van der Waals surface area contributed by atoms with Gasteiger partial charge in [0.1, 0.15) is 5.25 Å². The Hall–Kier alpha value is -1.58. The number of nitrogens with zero attached hydrogens (tertiary/aromatic N) is 1. The van der Waals surface area contributed by atoms with Crippen molar-refractivity contribution >= 4 is 27.4 Å². The van der Waals surface area contributed by atoms with Crippen molar-refractivity contribution in [3.05, 3.63) is 34.9 Å². The molecule has 0 bridgehead atoms. The minimum Gasteiger partial charge on any atom is -0.465 e. The standard InChI is InChI=1S/C14H14ClNO4S/c1-3-20-13(17)14(8-16)11(12(14)21(2,18)19)9-4-6-10(15)7-5-9/h4-7,11-12H,3H2,1-2H3/t11-,12-,14+/m0/s1. The summed E-state index contributed by atoms with van der Waals surface area (Å²) in [5, 5.41) is 8.84. The number of hydrogen-bond donors (Lipinski definition) is 0. The van der Waals surface area contributed by atoms with Crippen LogP contribution in [0.15, 0.2) is 24.3 Å². The van der Waals surface area contributed by atoms with Crippen molar-refractivity contribution in [1.29, 1.82) is 5.26 Å². The van der Waals surface area contributed by atoms with Crippen LogP contribution < -0.4 is 0 Å². The van der Waals surface area contributed by atoms with Crippen LogP contribution in [0.2, 0.25) is 5.02 Å². The van der Waals surface area contributed by atoms with Gasteiger partial charge in [-0.15, -0.1) is 0 Å². The molecular formula is C14H14ClNO4S. The van der Waals surface area contributed by atoms with E-state index in [0.29, 0.717) is 10.6 Å². The number of esters is 1. The zero-order chi connectivity index (χ0) is 15.8. The highest BCUT2D eigenvalue weighted by Crippen LogP contribution is 2.63. The van der Waals surface area contributed by atoms with Crippen molar-refractivity contribution in [1.82, 2.24) is 0 Å². The van der Waals surface area contributed by atoms with Gasteiger partial charge in [-0.25, -0.2) is 8.42 Å². The van der Waals surface area contributed by atoms with Crippen LogP contribution in [0, 0.1) is 16.7 Å². The van der Waals surface area contributed by atoms with Crippen LogP contribution in [0.25, 0.3) is 0 Å². The van der Waals surface area contributed by atoms with Gasteiger partial charge in [0.2, 0.25) is 0 Å². The van der Waals surface area contributed by atoms with Crippen molar-refractivity contribution in [2.24, 2.45) is 5.41 Å². The molecule has 3 atom stereocenters. The normalized spacial score (nSPS) is 27.7. The van der Waals surface area contributed by atoms with Crippen LogP contribution >= 0.6 is 11.6 Å². The molecule has 1 saturated carbocycles. The van der Waals surface area contributed by atoms with E-state index in [1.54, 1.807) is 31.2 Å². The van der Waals surface area contributed by atoms with Crippen molar-refractivity contribution < 1.29 is 17.9 Å². The molecule has 0 N–H and O–H groups in total. The second-order valence-electron chi connectivity index (χ2n) is 4.98. The largest absolute Gasteiger partial charge is 0.465 e. The van der Waals surface area contributed by atoms with Crippen molar-refractivity contribution in [3.8, 4) is 6.07 Å². The van der Waals surface area contributed by atoms with E-state index in [-0.39, 0.29) is 6.61 Å². The molecule has 0 aromatic heterocycles. The van der Waals surface area contributed by atoms with E-state index >= 15 is 0 Å². The summed E-state index contributed by atoms with van der Waals surface area (Å²) in [5.41, 5.74) is -1.08. The Kier molecular flexibility index (Phi) is 4.00. The molecule has 1 aromatic carbocycles. The van der Waals surface area contributed by atoms with Crippen molar-refractivity contribution in [2.75, 3.05) is 12.9 Å². The fourth-order valence-electron chi connectivity index (χ4n) is 2.72. The number of carbonyl (C=O) groups is 1. The van der Waals surface area contributed by atoms with Crippen LogP contribution in [0.5, 0.6) is 0 Å². The zero-order valence-corrected chi connectivity index (χ0v) is 13.1. The third-order valence-corrected chi connectivity index (χ3v) is 5.44. The molecule has 0 amide bonds. The van der Waals surface area contributed by atoms with Crippen LogP contribution in [0.1, 0.15) is 18.4 Å². The maximum atomic E-state index is 12.1. The first-order valence-electron chi connectivity index (χ1n) is 6.31. The Labute approximate surface area is 128 Å². The van der Waals surface area contributed by atoms with E-state index < -0.39 is 32.4 Å². The number of benzene rings is 1. The molecule has 112 valence electrons. The molecule has 0 heterocycles. The molecule has 21 heavy (non-hydrogen) atoms. The lowest BCUT2D eigenvalue weighted by Crippen LogP contribution is -2.24. The maximum Gasteiger partial charge on any atom is 0.328 e. The number of rotatable bonds is 4. The first-order chi connectivity index (χ1) is 9.79. The van der Waals surface area contributed by atoms with Crippen LogP contribution in [0.3, 0.4) is 0 Å². The Morgan fingerprint density at radius 2 is 2.00 bits per heavy atom. The lowest BCUT2D eigenvalue weighted by atomic mass is 10.0. The molecule has 0 spiro atoms. The Morgan fingerprint density at radius 1 is 1.43 bits per heavy atom. The molecule has 5 nitrogen and oxygen atoms in total. The van der Waals surface area contributed by atoms with E-state index in [0.717, 1.165) is 6.26 Å². The first kappa shape index (κ1) is 15.8. The zero-order valence-electron chi connectivity index (χ0n) is 11.5. The van der Waals surface area contributed by atoms with E-state index in [1.165, 1.54) is 0 Å². The molecule has 0 aliphatic heterocycles. The Morgan fingerprint density at radius 3 is 2.43 bits per heavy atom. The fourth-order valence-corrected chi connectivity index (χ4v) is 4.61. The number of sulfone groups is 1. The van der Waals surface area contributed by atoms with Crippen LogP contribution in [0.4, 0.5) is 0 Å². The molecule has 1 fully saturated rings. The van der Waals surface area contributed by atoms with E-state index in [4.69, 9.17) is 16.3 Å². The van der Waals surface area contributed by atoms with Crippen molar-refractivity contribution in [3.63, 3.8) is 0 Å². The molecule has 1 aromatic rings. The highest BCUT2D eigenvalue weighted by atomic mass is 35.5. The molecule has 0 unspecified atom stereocenters. The summed E-state index contributed by atoms with van der Waals surface area (Å²) >= 11 is 5.81. The fraction of sp³-hybridized carbons (Fsp3) is 0.429. The molecule has 2 rings (SSSR count). The van der Waals surface area contributed by atoms with Crippen LogP contribution in [-0.2, 0) is 19.4 Å². The van der Waals surface area contributed by atoms with Gasteiger partial charge in [0.05, 0.1) is 12.7 Å². The van der Waals surface area contributed by atoms with Gasteiger partial charge in [-0.3, -0.25) is 4.79 Å². The molecule has 1 aliphatic rings. The number of halogens is 1. The van der Waals surface area contributed by atoms with Gasteiger partial charge in [0, 0.05) is 17.2 Å². The summed E-state index contributed by atoms with van der Waals surface area (Å²) in [6.45, 7) is 1.70. The van der Waals surface area contributed by atoms with Gasteiger partial charge in [0.25, 0.3) is 0 Å². The first-order valence-corrected chi connectivity index (χ1v) is 8.65. The second kappa shape index (κ2) is 5.32. The SMILES string of the molecule is CCOC(=O)[C@]1(C#N)[C@@H](c2ccc(Cl)cc2)[C@@H]1S(C)(=O)=O. The van der Waals surface area contributed by atoms with Gasteiger partial charge in [-0.2, -0.15) is 5.26 Å². The molecule has 0 radical (unpaired) electrons. The summed E-state index contributed by atoms with van der Waals surface area (Å²) < 4.78 is 28.8. The minimum atomic E-state index is -3.58. The number of ether oxygens (including phenoxy) is 1. The highest BCUT2D eigenvalue weighted by molar-refractivity contribution is 7.91. The monoisotopic (exact) mass is 327 g/mol. The minimum absolute atomic E-state index is 0.0894. The summed E-state index contributed by atoms with van der Waals surface area (Å²) in [7, 11) is -3.58. The quantitative estimate of drug-likeness (QED) is 0.789. The second-order valence-corrected chi connectivity index (χ2v) is 7.58. The number of hydrogen-bond acceptors (Lipinski definition) is 5. The van der Waals surface area contributed by atoms with Gasteiger partial charge >= 0.3 is 5.97 Å². The van der Waals surface area contributed by atoms with Gasteiger partial charge < -0.3 is 4.74 Å². The maximum absolute atomic E-state index is 12.1. The van der Waals surface area contributed by atoms with Crippen molar-refractivity contribution in [2.45, 2.75) is 18.1 Å². The number of carbonyl (C=O) groups excluding carboxylic acids is 1. The summed E-state index contributed by atoms with van der Waals surface area (Å²) in [6, 6.07) is 8.33. The topological polar surface area (TPSA) is 84.2 Å². The predicted molar refractivity (Wildman–Crippen MR) is 77.5 cm³/mol. The lowest BCUT2D eigenvalue weighted by molar-refractivity contribution is -0.147. The predicted octanol–water partition coefficient (Wildman–Crippen LogP) is 1.92. The van der Waals surface area contributed by atoms with Gasteiger partial charge in [-0.05, 0) is 24.6 Å². The molecular weight excluding hydrogens is 314 g/mol. The third-order valence-electron chi connectivity index (χ3n) is 3.62. The average molecular weight is 328 g/mol. The molecule has 1 aliphatic carbocycles. The van der Waals surface area contributed by atoms with E-state index in [9.17, 15) is 18.5 Å². The molecule has 7 heteroatoms. The van der Waals surface area contributed by atoms with Gasteiger partial charge in [-0.1, -0.05) is 23.7 Å². The number of nitriles is 1. The summed E-state index contributed by atoms with van der Waals surface area (Å²) in [4.78, 5) is 12.1. The highest BCUT2D eigenvalue weighted by Gasteiger charge is 2.76.